The summed E-state index contributed by atoms with van der Waals surface area (Å²) < 4.78 is 20.6. The molecule has 11 heteroatoms. The van der Waals surface area contributed by atoms with Gasteiger partial charge in [-0.05, 0) is 98.4 Å². The van der Waals surface area contributed by atoms with Crippen molar-refractivity contribution in [1.29, 1.82) is 0 Å². The van der Waals surface area contributed by atoms with Gasteiger partial charge in [-0.25, -0.2) is 9.59 Å². The molecule has 0 radical (unpaired) electrons. The molecule has 0 unspecified atom stereocenters. The molecule has 1 aromatic heterocycles. The number of rotatable bonds is 2. The summed E-state index contributed by atoms with van der Waals surface area (Å²) in [7, 11) is 3.30. The van der Waals surface area contributed by atoms with E-state index in [2.05, 4.69) is 10.2 Å². The van der Waals surface area contributed by atoms with E-state index in [0.717, 1.165) is 85.5 Å². The number of hydrogen-bond donors (Lipinski definition) is 2. The molecule has 0 atom stereocenters. The van der Waals surface area contributed by atoms with E-state index in [1.54, 1.807) is 30.2 Å². The maximum absolute atomic E-state index is 11.4. The highest BCUT2D eigenvalue weighted by atomic mass is 16.6. The van der Waals surface area contributed by atoms with Gasteiger partial charge in [0.1, 0.15) is 22.7 Å². The molecule has 2 aliphatic rings. The maximum atomic E-state index is 11.4. The lowest BCUT2D eigenvalue weighted by Crippen LogP contribution is -2.34. The molecule has 3 aromatic rings. The van der Waals surface area contributed by atoms with Crippen molar-refractivity contribution < 1.29 is 28.5 Å². The fraction of sp³-hybridized carbons (Fsp3) is 0.559. The van der Waals surface area contributed by atoms with Gasteiger partial charge >= 0.3 is 12.2 Å². The first-order valence-electron chi connectivity index (χ1n) is 15.5. The molecule has 0 bridgehead atoms. The molecule has 11 nitrogen and oxygen atoms in total. The molecule has 250 valence electrons. The summed E-state index contributed by atoms with van der Waals surface area (Å²) in [6, 6.07) is 11.4. The molecule has 2 fully saturated rings. The van der Waals surface area contributed by atoms with E-state index < -0.39 is 0 Å². The standard InChI is InChI=1S/2C9H17NO2.C8H8N2O.C8H11NO/c2*1-9(2,3)12-8(11)10-6-4-5-7-10;1-11-8-4-2-3-7-6(8)5-9-10-7;1-6-7(9)4-3-5-8(6)10-2/h2*4-7H2,1-3H3;2-5H,1H3,(H,9,10);3-5H,9H2,1-2H3. The highest BCUT2D eigenvalue weighted by Crippen LogP contribution is 2.23. The van der Waals surface area contributed by atoms with Gasteiger partial charge in [-0.3, -0.25) is 5.10 Å². The number of methoxy groups -OCH3 is 2. The van der Waals surface area contributed by atoms with Crippen LogP contribution in [0.25, 0.3) is 10.9 Å². The van der Waals surface area contributed by atoms with E-state index in [9.17, 15) is 9.59 Å². The zero-order valence-corrected chi connectivity index (χ0v) is 28.6. The minimum absolute atomic E-state index is 0.167. The number of nitrogens with zero attached hydrogens (tertiary/aromatic N) is 3. The van der Waals surface area contributed by atoms with Crippen LogP contribution in [0.4, 0.5) is 15.3 Å². The minimum atomic E-state index is -0.361. The van der Waals surface area contributed by atoms with Gasteiger partial charge in [-0.2, -0.15) is 5.10 Å². The normalized spacial score (nSPS) is 14.2. The second kappa shape index (κ2) is 17.4. The number of ether oxygens (including phenoxy) is 4. The molecule has 2 aromatic carbocycles. The van der Waals surface area contributed by atoms with Crippen molar-refractivity contribution in [3.8, 4) is 11.5 Å². The third-order valence-corrected chi connectivity index (χ3v) is 6.73. The molecular formula is C34H53N5O6. The quantitative estimate of drug-likeness (QED) is 0.285. The molecule has 2 saturated heterocycles. The Morgan fingerprint density at radius 2 is 1.20 bits per heavy atom. The van der Waals surface area contributed by atoms with Crippen molar-refractivity contribution in [2.75, 3.05) is 46.1 Å². The Bertz CT molecular complexity index is 1290. The van der Waals surface area contributed by atoms with Gasteiger partial charge in [0.15, 0.2) is 0 Å². The topological polar surface area (TPSA) is 132 Å². The number of nitrogen functional groups attached to an aromatic ring is 1. The molecule has 0 aliphatic carbocycles. The van der Waals surface area contributed by atoms with Crippen LogP contribution in [-0.4, -0.2) is 83.8 Å². The van der Waals surface area contributed by atoms with E-state index in [4.69, 9.17) is 24.7 Å². The Balaban J connectivity index is 0.000000209. The first-order chi connectivity index (χ1) is 21.1. The summed E-state index contributed by atoms with van der Waals surface area (Å²) in [5, 5.41) is 7.79. The van der Waals surface area contributed by atoms with E-state index >= 15 is 0 Å². The first kappa shape index (κ1) is 37.0. The van der Waals surface area contributed by atoms with Crippen molar-refractivity contribution in [1.82, 2.24) is 20.0 Å². The maximum Gasteiger partial charge on any atom is 0.410 e. The van der Waals surface area contributed by atoms with E-state index in [-0.39, 0.29) is 23.4 Å². The summed E-state index contributed by atoms with van der Waals surface area (Å²) in [4.78, 5) is 26.3. The van der Waals surface area contributed by atoms with Crippen LogP contribution in [0.2, 0.25) is 0 Å². The SMILES string of the molecule is CC(C)(C)OC(=O)N1CCCC1.CC(C)(C)OC(=O)N1CCCC1.COc1cccc(N)c1C.COc1cccc2[nH]ncc12. The Labute approximate surface area is 268 Å². The van der Waals surface area contributed by atoms with Gasteiger partial charge in [0.05, 0.1) is 31.3 Å². The number of carbonyl (C=O) groups is 2. The fourth-order valence-electron chi connectivity index (χ4n) is 4.42. The molecule has 3 heterocycles. The van der Waals surface area contributed by atoms with Crippen molar-refractivity contribution in [3.63, 3.8) is 0 Å². The highest BCUT2D eigenvalue weighted by molar-refractivity contribution is 5.84. The zero-order chi connectivity index (χ0) is 33.6. The smallest absolute Gasteiger partial charge is 0.410 e. The Morgan fingerprint density at radius 1 is 0.756 bits per heavy atom. The molecule has 0 spiro atoms. The highest BCUT2D eigenvalue weighted by Gasteiger charge is 2.25. The number of benzene rings is 2. The predicted molar refractivity (Wildman–Crippen MR) is 179 cm³/mol. The lowest BCUT2D eigenvalue weighted by molar-refractivity contribution is 0.0284. The van der Waals surface area contributed by atoms with Crippen LogP contribution >= 0.6 is 0 Å². The average Bonchev–Trinajstić information content (AvgIpc) is 3.76. The summed E-state index contributed by atoms with van der Waals surface area (Å²) in [6.45, 7) is 16.7. The number of anilines is 1. The van der Waals surface area contributed by atoms with Gasteiger partial charge in [0, 0.05) is 37.4 Å². The number of hydrogen-bond acceptors (Lipinski definition) is 8. The largest absolute Gasteiger partial charge is 0.496 e. The molecule has 0 saturated carbocycles. The second-order valence-electron chi connectivity index (χ2n) is 12.8. The van der Waals surface area contributed by atoms with Crippen LogP contribution in [0.5, 0.6) is 11.5 Å². The molecule has 5 rings (SSSR count). The zero-order valence-electron chi connectivity index (χ0n) is 28.6. The first-order valence-corrected chi connectivity index (χ1v) is 15.5. The molecule has 3 N–H and O–H groups in total. The Morgan fingerprint density at radius 3 is 1.62 bits per heavy atom. The monoisotopic (exact) mass is 627 g/mol. The lowest BCUT2D eigenvalue weighted by atomic mass is 10.2. The Hall–Kier alpha value is -4.15. The number of amides is 2. The summed E-state index contributed by atoms with van der Waals surface area (Å²) in [5.41, 5.74) is 7.68. The number of fused-ring (bicyclic) bond motifs is 1. The number of H-pyrrole nitrogens is 1. The van der Waals surface area contributed by atoms with E-state index in [0.29, 0.717) is 0 Å². The van der Waals surface area contributed by atoms with Gasteiger partial charge in [0.2, 0.25) is 0 Å². The van der Waals surface area contributed by atoms with Gasteiger partial charge < -0.3 is 34.5 Å². The van der Waals surface area contributed by atoms with Crippen LogP contribution in [0.1, 0.15) is 72.8 Å². The van der Waals surface area contributed by atoms with Crippen molar-refractivity contribution in [3.05, 3.63) is 48.2 Å². The van der Waals surface area contributed by atoms with Gasteiger partial charge in [-0.15, -0.1) is 0 Å². The summed E-state index contributed by atoms with van der Waals surface area (Å²) >= 11 is 0. The van der Waals surface area contributed by atoms with Crippen LogP contribution in [0.3, 0.4) is 0 Å². The van der Waals surface area contributed by atoms with E-state index in [1.807, 2.05) is 84.9 Å². The van der Waals surface area contributed by atoms with Crippen molar-refractivity contribution in [2.24, 2.45) is 0 Å². The summed E-state index contributed by atoms with van der Waals surface area (Å²) in [5.74, 6) is 1.70. The van der Waals surface area contributed by atoms with Crippen molar-refractivity contribution in [2.45, 2.75) is 85.4 Å². The number of carbonyl (C=O) groups excluding carboxylic acids is 2. The number of likely N-dealkylation sites (tertiary alicyclic amines) is 2. The predicted octanol–water partition coefficient (Wildman–Crippen LogP) is 7.19. The third-order valence-electron chi connectivity index (χ3n) is 6.73. The summed E-state index contributed by atoms with van der Waals surface area (Å²) in [6.07, 6.45) is 5.87. The number of aromatic nitrogens is 2. The minimum Gasteiger partial charge on any atom is -0.496 e. The fourth-order valence-corrected chi connectivity index (χ4v) is 4.42. The Kier molecular flexibility index (Phi) is 14.3. The van der Waals surface area contributed by atoms with Crippen molar-refractivity contribution >= 4 is 28.8 Å². The van der Waals surface area contributed by atoms with Crippen LogP contribution in [0, 0.1) is 6.92 Å². The van der Waals surface area contributed by atoms with E-state index in [1.165, 1.54) is 0 Å². The third kappa shape index (κ3) is 13.2. The number of nitrogens with one attached hydrogen (secondary N) is 1. The van der Waals surface area contributed by atoms with Gasteiger partial charge in [0.25, 0.3) is 0 Å². The molecule has 2 amide bonds. The van der Waals surface area contributed by atoms with Crippen LogP contribution in [0.15, 0.2) is 42.6 Å². The van der Waals surface area contributed by atoms with Crippen LogP contribution < -0.4 is 15.2 Å². The van der Waals surface area contributed by atoms with Gasteiger partial charge in [-0.1, -0.05) is 12.1 Å². The number of nitrogens with two attached hydrogens (primary N) is 1. The molecule has 45 heavy (non-hydrogen) atoms. The number of aromatic amines is 1. The lowest BCUT2D eigenvalue weighted by Gasteiger charge is -2.23. The second-order valence-corrected chi connectivity index (χ2v) is 12.8. The molecule has 2 aliphatic heterocycles. The average molecular weight is 628 g/mol. The molecular weight excluding hydrogens is 574 g/mol. The van der Waals surface area contributed by atoms with Crippen LogP contribution in [-0.2, 0) is 9.47 Å².